The Labute approximate surface area is 100 Å². The van der Waals surface area contributed by atoms with Crippen molar-refractivity contribution in [1.82, 2.24) is 5.32 Å². The average Bonchev–Trinajstić information content (AvgIpc) is 2.29. The Hall–Kier alpha value is -1.84. The number of ether oxygens (including phenoxy) is 1. The van der Waals surface area contributed by atoms with Crippen molar-refractivity contribution in [3.63, 3.8) is 0 Å². The topological polar surface area (TPSA) is 38.3 Å². The quantitative estimate of drug-likeness (QED) is 0.771. The van der Waals surface area contributed by atoms with Gasteiger partial charge in [-0.25, -0.2) is 4.39 Å². The van der Waals surface area contributed by atoms with Gasteiger partial charge in [-0.2, -0.15) is 0 Å². The molecule has 1 amide bonds. The highest BCUT2D eigenvalue weighted by molar-refractivity contribution is 5.76. The predicted octanol–water partition coefficient (Wildman–Crippen LogP) is 2.29. The molecule has 4 heteroatoms. The number of halogens is 1. The second kappa shape index (κ2) is 6.68. The van der Waals surface area contributed by atoms with Gasteiger partial charge in [-0.3, -0.25) is 4.79 Å². The molecule has 0 fully saturated rings. The zero-order chi connectivity index (χ0) is 12.7. The van der Waals surface area contributed by atoms with Crippen molar-refractivity contribution in [2.24, 2.45) is 0 Å². The van der Waals surface area contributed by atoms with Crippen LogP contribution in [0.25, 0.3) is 0 Å². The molecule has 0 radical (unpaired) electrons. The number of nitrogens with one attached hydrogen (secondary N) is 1. The van der Waals surface area contributed by atoms with Gasteiger partial charge in [0.1, 0.15) is 0 Å². The molecule has 0 saturated heterocycles. The summed E-state index contributed by atoms with van der Waals surface area (Å²) in [6.45, 7) is 6.11. The average molecular weight is 237 g/mol. The molecular weight excluding hydrogens is 221 g/mol. The Morgan fingerprint density at radius 3 is 2.82 bits per heavy atom. The van der Waals surface area contributed by atoms with Crippen molar-refractivity contribution in [3.05, 3.63) is 42.2 Å². The molecule has 3 nitrogen and oxygen atoms in total. The summed E-state index contributed by atoms with van der Waals surface area (Å²) in [7, 11) is 0. The highest BCUT2D eigenvalue weighted by atomic mass is 19.1. The van der Waals surface area contributed by atoms with Gasteiger partial charge < -0.3 is 10.1 Å². The summed E-state index contributed by atoms with van der Waals surface area (Å²) in [6, 6.07) is 6.11. The molecule has 1 aromatic carbocycles. The summed E-state index contributed by atoms with van der Waals surface area (Å²) in [6.07, 6.45) is 0.196. The number of carbonyl (C=O) groups excluding carboxylic acids is 1. The summed E-state index contributed by atoms with van der Waals surface area (Å²) in [5.41, 5.74) is 0.883. The van der Waals surface area contributed by atoms with Crippen LogP contribution in [0.3, 0.4) is 0 Å². The van der Waals surface area contributed by atoms with Crippen LogP contribution in [0.5, 0.6) is 5.75 Å². The number of benzene rings is 1. The Balaban J connectivity index is 2.26. The van der Waals surface area contributed by atoms with Gasteiger partial charge in [0.15, 0.2) is 11.6 Å². The second-order valence-electron chi connectivity index (χ2n) is 3.76. The zero-order valence-electron chi connectivity index (χ0n) is 9.83. The van der Waals surface area contributed by atoms with Crippen molar-refractivity contribution in [2.75, 3.05) is 13.2 Å². The Kier molecular flexibility index (Phi) is 5.20. The molecule has 0 heterocycles. The van der Waals surface area contributed by atoms with Gasteiger partial charge in [-0.1, -0.05) is 24.3 Å². The number of para-hydroxylation sites is 1. The van der Waals surface area contributed by atoms with E-state index in [1.165, 1.54) is 12.1 Å². The third kappa shape index (κ3) is 5.15. The first-order chi connectivity index (χ1) is 8.09. The van der Waals surface area contributed by atoms with Gasteiger partial charge in [-0.05, 0) is 19.1 Å². The van der Waals surface area contributed by atoms with Gasteiger partial charge in [0.05, 0.1) is 13.0 Å². The van der Waals surface area contributed by atoms with Crippen molar-refractivity contribution in [1.29, 1.82) is 0 Å². The van der Waals surface area contributed by atoms with E-state index >= 15 is 0 Å². The van der Waals surface area contributed by atoms with Crippen LogP contribution in [0.2, 0.25) is 0 Å². The van der Waals surface area contributed by atoms with Crippen LogP contribution < -0.4 is 10.1 Å². The van der Waals surface area contributed by atoms with Crippen LogP contribution in [0.15, 0.2) is 36.4 Å². The van der Waals surface area contributed by atoms with Gasteiger partial charge in [0.25, 0.3) is 0 Å². The van der Waals surface area contributed by atoms with Gasteiger partial charge in [0, 0.05) is 6.54 Å². The minimum atomic E-state index is -0.421. The molecule has 0 bridgehead atoms. The van der Waals surface area contributed by atoms with Crippen molar-refractivity contribution in [3.8, 4) is 5.75 Å². The third-order valence-corrected chi connectivity index (χ3v) is 2.01. The number of rotatable bonds is 6. The minimum absolute atomic E-state index is 0.135. The fourth-order valence-electron chi connectivity index (χ4n) is 1.15. The van der Waals surface area contributed by atoms with E-state index in [1.807, 2.05) is 6.92 Å². The van der Waals surface area contributed by atoms with Crippen LogP contribution in [-0.2, 0) is 4.79 Å². The molecule has 92 valence electrons. The van der Waals surface area contributed by atoms with Gasteiger partial charge in [-0.15, -0.1) is 0 Å². The first kappa shape index (κ1) is 13.2. The Morgan fingerprint density at radius 2 is 2.18 bits per heavy atom. The van der Waals surface area contributed by atoms with Crippen molar-refractivity contribution in [2.45, 2.75) is 13.3 Å². The van der Waals surface area contributed by atoms with Gasteiger partial charge in [0.2, 0.25) is 5.91 Å². The summed E-state index contributed by atoms with van der Waals surface area (Å²) in [4.78, 5) is 11.3. The molecule has 0 saturated carbocycles. The lowest BCUT2D eigenvalue weighted by Gasteiger charge is -2.07. The number of hydrogen-bond acceptors (Lipinski definition) is 2. The van der Waals surface area contributed by atoms with E-state index in [9.17, 15) is 9.18 Å². The maximum atomic E-state index is 13.1. The molecule has 0 aliphatic heterocycles. The van der Waals surface area contributed by atoms with Crippen LogP contribution in [0.4, 0.5) is 4.39 Å². The van der Waals surface area contributed by atoms with Crippen LogP contribution in [0.1, 0.15) is 13.3 Å². The Bertz CT molecular complexity index is 404. The molecule has 0 unspecified atom stereocenters. The van der Waals surface area contributed by atoms with Gasteiger partial charge >= 0.3 is 0 Å². The third-order valence-electron chi connectivity index (χ3n) is 2.01. The highest BCUT2D eigenvalue weighted by Crippen LogP contribution is 2.15. The monoisotopic (exact) mass is 237 g/mol. The van der Waals surface area contributed by atoms with E-state index in [1.54, 1.807) is 12.1 Å². The number of hydrogen-bond donors (Lipinski definition) is 1. The summed E-state index contributed by atoms with van der Waals surface area (Å²) >= 11 is 0. The normalized spacial score (nSPS) is 9.76. The maximum Gasteiger partial charge on any atom is 0.223 e. The van der Waals surface area contributed by atoms with Crippen molar-refractivity contribution < 1.29 is 13.9 Å². The van der Waals surface area contributed by atoms with E-state index < -0.39 is 5.82 Å². The number of amides is 1. The second-order valence-corrected chi connectivity index (χ2v) is 3.76. The highest BCUT2D eigenvalue weighted by Gasteiger charge is 2.04. The van der Waals surface area contributed by atoms with E-state index in [-0.39, 0.29) is 24.7 Å². The Morgan fingerprint density at radius 1 is 1.47 bits per heavy atom. The van der Waals surface area contributed by atoms with E-state index in [4.69, 9.17) is 4.74 Å². The fraction of sp³-hybridized carbons (Fsp3) is 0.308. The molecule has 1 N–H and O–H groups in total. The largest absolute Gasteiger partial charge is 0.490 e. The van der Waals surface area contributed by atoms with Crippen LogP contribution >= 0.6 is 0 Å². The minimum Gasteiger partial charge on any atom is -0.490 e. The lowest BCUT2D eigenvalue weighted by Crippen LogP contribution is -2.26. The molecule has 1 aromatic rings. The van der Waals surface area contributed by atoms with E-state index in [0.29, 0.717) is 6.54 Å². The summed E-state index contributed by atoms with van der Waals surface area (Å²) in [5.74, 6) is -0.389. The van der Waals surface area contributed by atoms with E-state index in [2.05, 4.69) is 11.9 Å². The lowest BCUT2D eigenvalue weighted by molar-refractivity contribution is -0.121. The fourth-order valence-corrected chi connectivity index (χ4v) is 1.15. The predicted molar refractivity (Wildman–Crippen MR) is 64.3 cm³/mol. The summed E-state index contributed by atoms with van der Waals surface area (Å²) in [5, 5.41) is 2.67. The first-order valence-electron chi connectivity index (χ1n) is 5.38. The summed E-state index contributed by atoms with van der Waals surface area (Å²) < 4.78 is 18.3. The molecule has 0 aromatic heterocycles. The molecule has 0 aliphatic carbocycles. The molecule has 0 spiro atoms. The van der Waals surface area contributed by atoms with Crippen molar-refractivity contribution >= 4 is 5.91 Å². The van der Waals surface area contributed by atoms with E-state index in [0.717, 1.165) is 5.57 Å². The molecule has 17 heavy (non-hydrogen) atoms. The molecule has 0 atom stereocenters. The maximum absolute atomic E-state index is 13.1. The molecule has 0 aliphatic rings. The SMILES string of the molecule is C=C(C)CNC(=O)CCOc1ccccc1F. The molecular formula is C13H16FNO2. The number of carbonyl (C=O) groups is 1. The van der Waals surface area contributed by atoms with Crippen LogP contribution in [0, 0.1) is 5.82 Å². The smallest absolute Gasteiger partial charge is 0.223 e. The van der Waals surface area contributed by atoms with Crippen LogP contribution in [-0.4, -0.2) is 19.1 Å². The first-order valence-corrected chi connectivity index (χ1v) is 5.38. The standard InChI is InChI=1S/C13H16FNO2/c1-10(2)9-15-13(16)7-8-17-12-6-4-3-5-11(12)14/h3-6H,1,7-9H2,2H3,(H,15,16). The molecule has 1 rings (SSSR count). The lowest BCUT2D eigenvalue weighted by atomic mass is 10.3. The zero-order valence-corrected chi connectivity index (χ0v) is 9.83.